The van der Waals surface area contributed by atoms with Gasteiger partial charge in [-0.25, -0.2) is 9.97 Å². The van der Waals surface area contributed by atoms with Crippen molar-refractivity contribution in [2.75, 3.05) is 13.1 Å². The third kappa shape index (κ3) is 3.74. The van der Waals surface area contributed by atoms with Crippen molar-refractivity contribution in [2.45, 2.75) is 58.4 Å². The van der Waals surface area contributed by atoms with E-state index in [-0.39, 0.29) is 13.2 Å². The molecule has 0 bridgehead atoms. The van der Waals surface area contributed by atoms with E-state index >= 15 is 0 Å². The lowest BCUT2D eigenvalue weighted by Gasteiger charge is -2.33. The zero-order chi connectivity index (χ0) is 17.2. The fourth-order valence-corrected chi connectivity index (χ4v) is 3.32. The van der Waals surface area contributed by atoms with Crippen LogP contribution >= 0.6 is 0 Å². The minimum absolute atomic E-state index is 0. The lowest BCUT2D eigenvalue weighted by Crippen LogP contribution is -2.49. The average molecular weight is 332 g/mol. The van der Waals surface area contributed by atoms with Crippen LogP contribution in [0.15, 0.2) is 12.4 Å². The van der Waals surface area contributed by atoms with E-state index in [4.69, 9.17) is 0 Å². The maximum absolute atomic E-state index is 12.5. The maximum atomic E-state index is 12.5. The highest BCUT2D eigenvalue weighted by Crippen LogP contribution is 2.53. The summed E-state index contributed by atoms with van der Waals surface area (Å²) in [5.41, 5.74) is 0.936. The molecule has 0 radical (unpaired) electrons. The molecule has 1 aliphatic heterocycles. The molecule has 132 valence electrons. The van der Waals surface area contributed by atoms with Crippen molar-refractivity contribution < 1.29 is 11.0 Å². The highest BCUT2D eigenvalue weighted by molar-refractivity contribution is 5.96. The van der Waals surface area contributed by atoms with Crippen LogP contribution in [-0.2, 0) is 11.2 Å². The maximum Gasteiger partial charge on any atom is 0.255 e. The summed E-state index contributed by atoms with van der Waals surface area (Å²) in [6, 6.07) is -0.527. The Hall–Kier alpha value is -1.98. The summed E-state index contributed by atoms with van der Waals surface area (Å²) < 4.78 is 0. The number of nitrogens with one attached hydrogen (secondary N) is 1. The van der Waals surface area contributed by atoms with Gasteiger partial charge in [-0.3, -0.25) is 9.59 Å². The van der Waals surface area contributed by atoms with E-state index in [1.807, 2.05) is 4.90 Å². The minimum Gasteiger partial charge on any atom is -0.341 e. The SMILES string of the molecule is CCCc1ncc(C(=O)N[C@@H](C)C(=O)N2CCC3(CC2)CC3)cn1.[HH]. The molecule has 0 unspecified atom stereocenters. The van der Waals surface area contributed by atoms with Crippen molar-refractivity contribution in [3.63, 3.8) is 0 Å². The number of likely N-dealkylation sites (tertiary alicyclic amines) is 1. The van der Waals surface area contributed by atoms with E-state index in [0.29, 0.717) is 11.0 Å². The summed E-state index contributed by atoms with van der Waals surface area (Å²) in [5.74, 6) is 0.442. The van der Waals surface area contributed by atoms with E-state index in [0.717, 1.165) is 44.6 Å². The van der Waals surface area contributed by atoms with Gasteiger partial charge in [-0.2, -0.15) is 0 Å². The van der Waals surface area contributed by atoms with Crippen LogP contribution in [0.3, 0.4) is 0 Å². The molecule has 6 nitrogen and oxygen atoms in total. The summed E-state index contributed by atoms with van der Waals surface area (Å²) in [6.45, 7) is 5.43. The van der Waals surface area contributed by atoms with Crippen LogP contribution in [0.4, 0.5) is 0 Å². The molecule has 1 spiro atoms. The van der Waals surface area contributed by atoms with Gasteiger partial charge in [-0.05, 0) is 44.4 Å². The summed E-state index contributed by atoms with van der Waals surface area (Å²) in [4.78, 5) is 35.0. The highest BCUT2D eigenvalue weighted by Gasteiger charge is 2.45. The molecule has 1 saturated carbocycles. The van der Waals surface area contributed by atoms with Gasteiger partial charge in [0.15, 0.2) is 0 Å². The molecule has 2 heterocycles. The first-order valence-corrected chi connectivity index (χ1v) is 8.93. The van der Waals surface area contributed by atoms with Crippen LogP contribution < -0.4 is 5.32 Å². The van der Waals surface area contributed by atoms with Crippen LogP contribution in [0.1, 0.15) is 63.6 Å². The lowest BCUT2D eigenvalue weighted by atomic mass is 9.93. The third-order valence-electron chi connectivity index (χ3n) is 5.25. The molecular formula is C18H28N4O2. The van der Waals surface area contributed by atoms with Gasteiger partial charge in [0.25, 0.3) is 5.91 Å². The van der Waals surface area contributed by atoms with Crippen LogP contribution in [0, 0.1) is 5.41 Å². The second kappa shape index (κ2) is 6.87. The van der Waals surface area contributed by atoms with Crippen molar-refractivity contribution in [2.24, 2.45) is 5.41 Å². The van der Waals surface area contributed by atoms with Gasteiger partial charge < -0.3 is 10.2 Å². The summed E-state index contributed by atoms with van der Waals surface area (Å²) in [5, 5.41) is 2.77. The molecule has 1 saturated heterocycles. The number of hydrogen-bond donors (Lipinski definition) is 1. The first-order chi connectivity index (χ1) is 11.5. The Bertz CT molecular complexity index is 606. The molecule has 2 fully saturated rings. The van der Waals surface area contributed by atoms with E-state index in [2.05, 4.69) is 22.2 Å². The average Bonchev–Trinajstić information content (AvgIpc) is 3.35. The number of carbonyl (C=O) groups is 2. The molecule has 1 aliphatic carbocycles. The van der Waals surface area contributed by atoms with Gasteiger partial charge in [-0.15, -0.1) is 0 Å². The predicted octanol–water partition coefficient (Wildman–Crippen LogP) is 2.20. The molecule has 0 aromatic carbocycles. The first kappa shape index (κ1) is 16.9. The Labute approximate surface area is 144 Å². The van der Waals surface area contributed by atoms with Gasteiger partial charge >= 0.3 is 0 Å². The van der Waals surface area contributed by atoms with Gasteiger partial charge in [0.1, 0.15) is 11.9 Å². The van der Waals surface area contributed by atoms with Crippen LogP contribution in [0.2, 0.25) is 0 Å². The number of aryl methyl sites for hydroxylation is 1. The molecule has 2 amide bonds. The molecule has 1 aromatic heterocycles. The number of hydrogen-bond acceptors (Lipinski definition) is 4. The van der Waals surface area contributed by atoms with Crippen molar-refractivity contribution in [3.05, 3.63) is 23.8 Å². The lowest BCUT2D eigenvalue weighted by molar-refractivity contribution is -0.134. The van der Waals surface area contributed by atoms with Crippen LogP contribution in [0.25, 0.3) is 0 Å². The monoisotopic (exact) mass is 332 g/mol. The normalized spacial score (nSPS) is 19.8. The molecule has 1 aromatic rings. The predicted molar refractivity (Wildman–Crippen MR) is 92.6 cm³/mol. The van der Waals surface area contributed by atoms with Crippen LogP contribution in [-0.4, -0.2) is 45.8 Å². The molecular weight excluding hydrogens is 304 g/mol. The largest absolute Gasteiger partial charge is 0.341 e. The fraction of sp³-hybridized carbons (Fsp3) is 0.667. The molecule has 1 atom stereocenters. The van der Waals surface area contributed by atoms with E-state index in [1.165, 1.54) is 25.2 Å². The Morgan fingerprint density at radius 1 is 1.25 bits per heavy atom. The quantitative estimate of drug-likeness (QED) is 0.897. The van der Waals surface area contributed by atoms with Crippen molar-refractivity contribution in [3.8, 4) is 0 Å². The van der Waals surface area contributed by atoms with Crippen molar-refractivity contribution in [1.29, 1.82) is 0 Å². The van der Waals surface area contributed by atoms with Crippen molar-refractivity contribution >= 4 is 11.8 Å². The van der Waals surface area contributed by atoms with Gasteiger partial charge in [0, 0.05) is 33.3 Å². The van der Waals surface area contributed by atoms with Crippen LogP contribution in [0.5, 0.6) is 0 Å². The van der Waals surface area contributed by atoms with Gasteiger partial charge in [0.05, 0.1) is 5.56 Å². The smallest absolute Gasteiger partial charge is 0.255 e. The number of rotatable bonds is 5. The Kier molecular flexibility index (Phi) is 4.83. The number of amides is 2. The summed E-state index contributed by atoms with van der Waals surface area (Å²) >= 11 is 0. The fourth-order valence-electron chi connectivity index (χ4n) is 3.32. The molecule has 2 aliphatic rings. The van der Waals surface area contributed by atoms with E-state index < -0.39 is 6.04 Å². The highest BCUT2D eigenvalue weighted by atomic mass is 16.2. The zero-order valence-electron chi connectivity index (χ0n) is 14.5. The number of nitrogens with zero attached hydrogens (tertiary/aromatic N) is 3. The third-order valence-corrected chi connectivity index (χ3v) is 5.25. The molecule has 6 heteroatoms. The zero-order valence-corrected chi connectivity index (χ0v) is 14.5. The standard InChI is InChI=1S/C18H26N4O2.H2/c1-3-4-15-19-11-14(12-20-15)16(23)21-13(2)17(24)22-9-7-18(5-6-18)8-10-22;/h11-13H,3-10H2,1-2H3,(H,21,23);1H/t13-;/m0./s1. The summed E-state index contributed by atoms with van der Waals surface area (Å²) in [6.07, 6.45) is 9.66. The van der Waals surface area contributed by atoms with E-state index in [1.54, 1.807) is 6.92 Å². The Balaban J connectivity index is 0.00000225. The second-order valence-corrected chi connectivity index (χ2v) is 7.16. The molecule has 24 heavy (non-hydrogen) atoms. The first-order valence-electron chi connectivity index (χ1n) is 8.93. The van der Waals surface area contributed by atoms with Gasteiger partial charge in [-0.1, -0.05) is 6.92 Å². The van der Waals surface area contributed by atoms with Gasteiger partial charge in [0.2, 0.25) is 5.91 Å². The van der Waals surface area contributed by atoms with Crippen molar-refractivity contribution in [1.82, 2.24) is 20.2 Å². The summed E-state index contributed by atoms with van der Waals surface area (Å²) in [7, 11) is 0. The number of carbonyl (C=O) groups excluding carboxylic acids is 2. The topological polar surface area (TPSA) is 75.2 Å². The molecule has 1 N–H and O–H groups in total. The number of aromatic nitrogens is 2. The Morgan fingerprint density at radius 3 is 2.42 bits per heavy atom. The minimum atomic E-state index is -0.527. The molecule has 3 rings (SSSR count). The Morgan fingerprint density at radius 2 is 1.88 bits per heavy atom. The second-order valence-electron chi connectivity index (χ2n) is 7.16. The number of piperidine rings is 1. The van der Waals surface area contributed by atoms with E-state index in [9.17, 15) is 9.59 Å².